The summed E-state index contributed by atoms with van der Waals surface area (Å²) in [6, 6.07) is 2.25. The van der Waals surface area contributed by atoms with Gasteiger partial charge in [0.25, 0.3) is 0 Å². The van der Waals surface area contributed by atoms with Crippen molar-refractivity contribution in [1.29, 1.82) is 15.8 Å². The van der Waals surface area contributed by atoms with E-state index in [1.54, 1.807) is 0 Å². The van der Waals surface area contributed by atoms with Crippen LogP contribution in [0.4, 0.5) is 39.5 Å². The Bertz CT molecular complexity index is 1810. The monoisotopic (exact) mass is 481 g/mol. The zero-order valence-electron chi connectivity index (χ0n) is 15.7. The average Bonchev–Trinajstić information content (AvgIpc) is 3.23. The Morgan fingerprint density at radius 3 is 1.03 bits per heavy atom. The van der Waals surface area contributed by atoms with Crippen LogP contribution in [0.2, 0.25) is 0 Å². The van der Waals surface area contributed by atoms with E-state index in [1.165, 1.54) is 0 Å². The zero-order chi connectivity index (χ0) is 25.2. The second-order valence-electron chi connectivity index (χ2n) is 6.55. The molecule has 168 valence electrons. The lowest BCUT2D eigenvalue weighted by Crippen LogP contribution is -2.10. The highest BCUT2D eigenvalue weighted by molar-refractivity contribution is 6.17. The van der Waals surface area contributed by atoms with E-state index in [-0.39, 0.29) is 0 Å². The molecule has 13 heteroatoms. The molecule has 0 bridgehead atoms. The number of nitriles is 3. The summed E-state index contributed by atoms with van der Waals surface area (Å²) in [6.07, 6.45) is 0. The minimum Gasteiger partial charge on any atom is -0.450 e. The highest BCUT2D eigenvalue weighted by Gasteiger charge is 2.32. The van der Waals surface area contributed by atoms with Crippen LogP contribution in [-0.2, 0) is 0 Å². The maximum absolute atomic E-state index is 15.1. The molecule has 0 saturated heterocycles. The third-order valence-electron chi connectivity index (χ3n) is 4.95. The van der Waals surface area contributed by atoms with Gasteiger partial charge >= 0.3 is 0 Å². The fourth-order valence-corrected chi connectivity index (χ4v) is 3.61. The number of fused-ring (bicyclic) bond motifs is 5. The van der Waals surface area contributed by atoms with Crippen LogP contribution in [0.25, 0.3) is 50.2 Å². The second kappa shape index (κ2) is 7.42. The Hall–Kier alpha value is -4.70. The van der Waals surface area contributed by atoms with E-state index >= 15 is 8.78 Å². The van der Waals surface area contributed by atoms with Gasteiger partial charge in [0.1, 0.15) is 41.5 Å². The molecular formula is C21F9N3O. The standard InChI is InChI=1S/C21F9N3O/c22-4(1-31)7-14(25)10-11(15(7)26)13-17(28)9(6(24)3-33)19(30)21(13)34-20-12(10)16(27)8(18(20)29)5(23)2-32/b7-4?,8-5-,9-6+. The lowest BCUT2D eigenvalue weighted by Gasteiger charge is -1.90. The van der Waals surface area contributed by atoms with E-state index in [0.717, 1.165) is 18.2 Å². The van der Waals surface area contributed by atoms with Gasteiger partial charge in [-0.2, -0.15) is 29.0 Å². The highest BCUT2D eigenvalue weighted by Crippen LogP contribution is 2.38. The Morgan fingerprint density at radius 1 is 0.471 bits per heavy atom. The Labute approximate surface area is 179 Å². The summed E-state index contributed by atoms with van der Waals surface area (Å²) in [6.45, 7) is 0. The fourth-order valence-electron chi connectivity index (χ4n) is 3.61. The molecular weight excluding hydrogens is 481 g/mol. The van der Waals surface area contributed by atoms with Gasteiger partial charge in [-0.3, -0.25) is 0 Å². The SMILES string of the molecule is N#CC(F)=c1c(F)c2c3c(F)/c(=C(/F)C#N)c(F)c3oc3c(F)/c(=C(/F)C#N)c(F)c3c2c1F. The third-order valence-corrected chi connectivity index (χ3v) is 4.95. The Kier molecular flexibility index (Phi) is 4.91. The summed E-state index contributed by atoms with van der Waals surface area (Å²) in [5, 5.41) is 14.6. The summed E-state index contributed by atoms with van der Waals surface area (Å²) in [5.41, 5.74) is -3.17. The molecule has 0 fully saturated rings. The van der Waals surface area contributed by atoms with Crippen LogP contribution in [0, 0.1) is 68.9 Å². The zero-order valence-corrected chi connectivity index (χ0v) is 15.7. The molecule has 0 saturated carbocycles. The molecule has 0 amide bonds. The second-order valence-corrected chi connectivity index (χ2v) is 6.55. The molecule has 4 rings (SSSR count). The maximum Gasteiger partial charge on any atom is 0.213 e. The molecule has 0 aliphatic carbocycles. The minimum atomic E-state index is -2.16. The summed E-state index contributed by atoms with van der Waals surface area (Å²) in [7, 11) is 0. The molecule has 0 aliphatic rings. The summed E-state index contributed by atoms with van der Waals surface area (Å²) in [5.74, 6) is -19.0. The van der Waals surface area contributed by atoms with Crippen molar-refractivity contribution in [3.63, 3.8) is 0 Å². The van der Waals surface area contributed by atoms with Crippen LogP contribution in [0.15, 0.2) is 4.42 Å². The van der Waals surface area contributed by atoms with E-state index in [2.05, 4.69) is 0 Å². The van der Waals surface area contributed by atoms with Crippen LogP contribution in [-0.4, -0.2) is 0 Å². The molecule has 3 aromatic carbocycles. The minimum absolute atomic E-state index is 0.741. The Balaban J connectivity index is 2.66. The molecule has 0 unspecified atom stereocenters. The quantitative estimate of drug-likeness (QED) is 0.354. The first-order chi connectivity index (χ1) is 16.0. The number of hydrogen-bond donors (Lipinski definition) is 0. The van der Waals surface area contributed by atoms with Crippen molar-refractivity contribution in [1.82, 2.24) is 0 Å². The molecule has 0 atom stereocenters. The van der Waals surface area contributed by atoms with Crippen LogP contribution >= 0.6 is 0 Å². The van der Waals surface area contributed by atoms with Crippen LogP contribution < -0.4 is 15.7 Å². The number of nitrogens with zero attached hydrogens (tertiary/aromatic N) is 3. The third kappa shape index (κ3) is 2.60. The molecule has 1 aromatic heterocycles. The molecule has 0 N–H and O–H groups in total. The molecule has 0 spiro atoms. The van der Waals surface area contributed by atoms with E-state index in [1.807, 2.05) is 0 Å². The van der Waals surface area contributed by atoms with Crippen molar-refractivity contribution in [3.8, 4) is 18.2 Å². The number of rotatable bonds is 0. The number of halogens is 9. The van der Waals surface area contributed by atoms with Gasteiger partial charge in [0.05, 0.1) is 26.4 Å². The van der Waals surface area contributed by atoms with Crippen molar-refractivity contribution in [3.05, 3.63) is 50.6 Å². The normalized spacial score (nSPS) is 14.2. The molecule has 34 heavy (non-hydrogen) atoms. The first-order valence-electron chi connectivity index (χ1n) is 8.53. The molecule has 0 radical (unpaired) electrons. The van der Waals surface area contributed by atoms with E-state index in [9.17, 15) is 30.7 Å². The van der Waals surface area contributed by atoms with E-state index in [4.69, 9.17) is 20.2 Å². The molecule has 4 nitrogen and oxygen atoms in total. The van der Waals surface area contributed by atoms with Crippen LogP contribution in [0.3, 0.4) is 0 Å². The van der Waals surface area contributed by atoms with E-state index < -0.39 is 101 Å². The van der Waals surface area contributed by atoms with Gasteiger partial charge in [0, 0.05) is 10.8 Å². The predicted octanol–water partition coefficient (Wildman–Crippen LogP) is 4.10. The van der Waals surface area contributed by atoms with E-state index in [0.29, 0.717) is 0 Å². The van der Waals surface area contributed by atoms with Crippen molar-refractivity contribution in [2.45, 2.75) is 0 Å². The average molecular weight is 481 g/mol. The highest BCUT2D eigenvalue weighted by atomic mass is 19.2. The van der Waals surface area contributed by atoms with Gasteiger partial charge in [0.2, 0.25) is 17.5 Å². The maximum atomic E-state index is 15.1. The summed E-state index contributed by atoms with van der Waals surface area (Å²) < 4.78 is 136. The summed E-state index contributed by atoms with van der Waals surface area (Å²) >= 11 is 0. The van der Waals surface area contributed by atoms with Crippen molar-refractivity contribution in [2.24, 2.45) is 0 Å². The van der Waals surface area contributed by atoms with Gasteiger partial charge in [-0.15, -0.1) is 0 Å². The van der Waals surface area contributed by atoms with Crippen molar-refractivity contribution < 1.29 is 43.9 Å². The topological polar surface area (TPSA) is 84.5 Å². The first kappa shape index (κ1) is 22.5. The Morgan fingerprint density at radius 2 is 0.735 bits per heavy atom. The first-order valence-corrected chi connectivity index (χ1v) is 8.53. The summed E-state index contributed by atoms with van der Waals surface area (Å²) in [4.78, 5) is 0. The van der Waals surface area contributed by atoms with Crippen LogP contribution in [0.5, 0.6) is 0 Å². The lowest BCUT2D eigenvalue weighted by molar-refractivity contribution is 0.545. The number of hydrogen-bond acceptors (Lipinski definition) is 4. The lowest BCUT2D eigenvalue weighted by atomic mass is 10.1. The van der Waals surface area contributed by atoms with Gasteiger partial charge in [-0.05, 0) is 0 Å². The van der Waals surface area contributed by atoms with Crippen molar-refractivity contribution >= 4 is 50.2 Å². The van der Waals surface area contributed by atoms with Crippen molar-refractivity contribution in [2.75, 3.05) is 0 Å². The molecule has 0 aliphatic heterocycles. The fraction of sp³-hybridized carbons (Fsp3) is 0. The van der Waals surface area contributed by atoms with Gasteiger partial charge < -0.3 is 4.42 Å². The predicted molar refractivity (Wildman–Crippen MR) is 95.8 cm³/mol. The molecule has 4 aromatic rings. The van der Waals surface area contributed by atoms with Crippen LogP contribution in [0.1, 0.15) is 0 Å². The smallest absolute Gasteiger partial charge is 0.213 e. The molecule has 1 heterocycles. The largest absolute Gasteiger partial charge is 0.450 e. The van der Waals surface area contributed by atoms with Gasteiger partial charge in [-0.25, -0.2) is 26.3 Å². The van der Waals surface area contributed by atoms with Gasteiger partial charge in [0.15, 0.2) is 22.8 Å². The van der Waals surface area contributed by atoms with Gasteiger partial charge in [-0.1, -0.05) is 0 Å².